The number of amides is 1. The van der Waals surface area contributed by atoms with Gasteiger partial charge in [0.05, 0.1) is 0 Å². The van der Waals surface area contributed by atoms with E-state index >= 15 is 0 Å². The molecule has 2 aromatic rings. The summed E-state index contributed by atoms with van der Waals surface area (Å²) in [5, 5.41) is 0. The predicted octanol–water partition coefficient (Wildman–Crippen LogP) is 2.23. The van der Waals surface area contributed by atoms with Crippen LogP contribution in [-0.2, 0) is 21.3 Å². The Balaban J connectivity index is 2.17. The van der Waals surface area contributed by atoms with Gasteiger partial charge in [-0.2, -0.15) is 0 Å². The third kappa shape index (κ3) is 3.99. The van der Waals surface area contributed by atoms with Crippen molar-refractivity contribution in [2.24, 2.45) is 5.73 Å². The maximum absolute atomic E-state index is 12.9. The van der Waals surface area contributed by atoms with Crippen molar-refractivity contribution in [1.82, 2.24) is 0 Å². The number of nitrogens with two attached hydrogens (primary N) is 1. The van der Waals surface area contributed by atoms with Gasteiger partial charge in [0.2, 0.25) is 5.91 Å². The van der Waals surface area contributed by atoms with E-state index in [0.29, 0.717) is 0 Å². The van der Waals surface area contributed by atoms with Gasteiger partial charge in [-0.25, -0.2) is 4.39 Å². The second kappa shape index (κ2) is 6.43. The van der Waals surface area contributed by atoms with E-state index in [9.17, 15) is 13.4 Å². The van der Waals surface area contributed by atoms with Crippen molar-refractivity contribution in [2.45, 2.75) is 5.75 Å². The number of primary amides is 1. The van der Waals surface area contributed by atoms with Crippen molar-refractivity contribution in [3.63, 3.8) is 0 Å². The third-order valence-electron chi connectivity index (χ3n) is 2.74. The monoisotopic (exact) mass is 291 g/mol. The van der Waals surface area contributed by atoms with Crippen LogP contribution in [0.3, 0.4) is 0 Å². The number of hydrogen-bond donors (Lipinski definition) is 1. The average molecular weight is 291 g/mol. The molecule has 2 aromatic carbocycles. The third-order valence-corrected chi connectivity index (χ3v) is 4.00. The minimum Gasteiger partial charge on any atom is -0.369 e. The molecule has 0 saturated carbocycles. The first-order valence-electron chi connectivity index (χ1n) is 6.03. The lowest BCUT2D eigenvalue weighted by Crippen LogP contribution is -2.20. The lowest BCUT2D eigenvalue weighted by Gasteiger charge is -2.05. The zero-order valence-electron chi connectivity index (χ0n) is 10.7. The molecule has 0 bridgehead atoms. The molecule has 0 aliphatic rings. The normalized spacial score (nSPS) is 12.1. The Kier molecular flexibility index (Phi) is 4.63. The smallest absolute Gasteiger partial charge is 0.230 e. The molecule has 5 heteroatoms. The van der Waals surface area contributed by atoms with Crippen LogP contribution in [0.4, 0.5) is 4.39 Å². The summed E-state index contributed by atoms with van der Waals surface area (Å²) in [5.41, 5.74) is 7.67. The first kappa shape index (κ1) is 14.4. The molecule has 2 rings (SSSR count). The summed E-state index contributed by atoms with van der Waals surface area (Å²) in [6, 6.07) is 13.6. The molecule has 3 nitrogen and oxygen atoms in total. The molecular formula is C15H14FNO2S. The molecule has 0 aliphatic carbocycles. The molecule has 0 spiro atoms. The van der Waals surface area contributed by atoms with E-state index in [1.807, 2.05) is 24.3 Å². The van der Waals surface area contributed by atoms with Crippen LogP contribution in [0, 0.1) is 5.82 Å². The average Bonchev–Trinajstić information content (AvgIpc) is 2.38. The first-order valence-corrected chi connectivity index (χ1v) is 7.51. The van der Waals surface area contributed by atoms with Crippen molar-refractivity contribution in [2.75, 3.05) is 5.75 Å². The van der Waals surface area contributed by atoms with E-state index in [-0.39, 0.29) is 17.3 Å². The summed E-state index contributed by atoms with van der Waals surface area (Å²) in [4.78, 5) is 10.7. The fourth-order valence-corrected chi connectivity index (χ4v) is 2.85. The zero-order valence-corrected chi connectivity index (χ0v) is 11.5. The number of carbonyl (C=O) groups is 1. The summed E-state index contributed by atoms with van der Waals surface area (Å²) < 4.78 is 24.6. The van der Waals surface area contributed by atoms with Gasteiger partial charge in [0.1, 0.15) is 11.6 Å². The second-order valence-electron chi connectivity index (χ2n) is 4.40. The van der Waals surface area contributed by atoms with Crippen molar-refractivity contribution >= 4 is 16.7 Å². The second-order valence-corrected chi connectivity index (χ2v) is 5.86. The van der Waals surface area contributed by atoms with Crippen LogP contribution in [0.1, 0.15) is 5.56 Å². The molecule has 0 radical (unpaired) electrons. The lowest BCUT2D eigenvalue weighted by molar-refractivity contribution is -0.115. The highest BCUT2D eigenvalue weighted by atomic mass is 32.2. The maximum Gasteiger partial charge on any atom is 0.230 e. The number of rotatable bonds is 5. The molecule has 0 saturated heterocycles. The van der Waals surface area contributed by atoms with Gasteiger partial charge < -0.3 is 5.73 Å². The number of carbonyl (C=O) groups excluding carboxylic acids is 1. The van der Waals surface area contributed by atoms with Crippen LogP contribution in [-0.4, -0.2) is 15.9 Å². The minimum atomic E-state index is -1.30. The van der Waals surface area contributed by atoms with Crippen molar-refractivity contribution < 1.29 is 13.4 Å². The van der Waals surface area contributed by atoms with Gasteiger partial charge in [-0.3, -0.25) is 9.00 Å². The van der Waals surface area contributed by atoms with E-state index in [1.54, 1.807) is 12.1 Å². The van der Waals surface area contributed by atoms with Gasteiger partial charge in [-0.05, 0) is 28.8 Å². The number of benzene rings is 2. The van der Waals surface area contributed by atoms with E-state index < -0.39 is 16.7 Å². The van der Waals surface area contributed by atoms with Gasteiger partial charge in [-0.1, -0.05) is 36.4 Å². The van der Waals surface area contributed by atoms with Gasteiger partial charge >= 0.3 is 0 Å². The highest BCUT2D eigenvalue weighted by Crippen LogP contribution is 2.21. The van der Waals surface area contributed by atoms with Gasteiger partial charge in [0.25, 0.3) is 0 Å². The van der Waals surface area contributed by atoms with Crippen LogP contribution in [0.25, 0.3) is 11.1 Å². The quantitative estimate of drug-likeness (QED) is 0.918. The van der Waals surface area contributed by atoms with E-state index in [4.69, 9.17) is 5.73 Å². The molecule has 0 aliphatic heterocycles. The summed E-state index contributed by atoms with van der Waals surface area (Å²) in [6.45, 7) is 0. The highest BCUT2D eigenvalue weighted by Gasteiger charge is 2.06. The van der Waals surface area contributed by atoms with Crippen molar-refractivity contribution in [1.29, 1.82) is 0 Å². The molecule has 2 N–H and O–H groups in total. The fraction of sp³-hybridized carbons (Fsp3) is 0.133. The van der Waals surface area contributed by atoms with Gasteiger partial charge in [0.15, 0.2) is 0 Å². The maximum atomic E-state index is 12.9. The Morgan fingerprint density at radius 2 is 1.80 bits per heavy atom. The Hall–Kier alpha value is -2.01. The predicted molar refractivity (Wildman–Crippen MR) is 77.7 cm³/mol. The SMILES string of the molecule is NC(=O)C[S@@](=O)Cc1cccc(-c2ccc(F)cc2)c1. The van der Waals surface area contributed by atoms with Crippen LogP contribution in [0.2, 0.25) is 0 Å². The highest BCUT2D eigenvalue weighted by molar-refractivity contribution is 7.84. The lowest BCUT2D eigenvalue weighted by atomic mass is 10.0. The largest absolute Gasteiger partial charge is 0.369 e. The fourth-order valence-electron chi connectivity index (χ4n) is 1.88. The Bertz CT molecular complexity index is 641. The van der Waals surface area contributed by atoms with E-state index in [1.165, 1.54) is 12.1 Å². The van der Waals surface area contributed by atoms with Gasteiger partial charge in [0, 0.05) is 16.6 Å². The Morgan fingerprint density at radius 1 is 1.10 bits per heavy atom. The van der Waals surface area contributed by atoms with Crippen molar-refractivity contribution in [3.8, 4) is 11.1 Å². The molecule has 0 unspecified atom stereocenters. The van der Waals surface area contributed by atoms with E-state index in [2.05, 4.69) is 0 Å². The first-order chi connectivity index (χ1) is 9.54. The minimum absolute atomic E-state index is 0.138. The van der Waals surface area contributed by atoms with Crippen LogP contribution in [0.15, 0.2) is 48.5 Å². The molecule has 0 aromatic heterocycles. The van der Waals surface area contributed by atoms with Crippen molar-refractivity contribution in [3.05, 3.63) is 59.9 Å². The Morgan fingerprint density at radius 3 is 2.45 bits per heavy atom. The summed E-state index contributed by atoms with van der Waals surface area (Å²) in [7, 11) is -1.30. The molecule has 0 heterocycles. The Labute approximate surface area is 119 Å². The van der Waals surface area contributed by atoms with Crippen LogP contribution >= 0.6 is 0 Å². The topological polar surface area (TPSA) is 60.2 Å². The zero-order chi connectivity index (χ0) is 14.5. The molecule has 0 fully saturated rings. The summed E-state index contributed by atoms with van der Waals surface area (Å²) in [5.74, 6) is -0.718. The molecular weight excluding hydrogens is 277 g/mol. The molecule has 1 amide bonds. The standard InChI is InChI=1S/C15H14FNO2S/c16-14-6-4-12(5-7-14)13-3-1-2-11(8-13)9-20(19)10-15(17)18/h1-8H,9-10H2,(H2,17,18)/t20-/m0/s1. The number of halogens is 1. The summed E-state index contributed by atoms with van der Waals surface area (Å²) in [6.07, 6.45) is 0. The van der Waals surface area contributed by atoms with Gasteiger partial charge in [-0.15, -0.1) is 0 Å². The molecule has 20 heavy (non-hydrogen) atoms. The molecule has 104 valence electrons. The van der Waals surface area contributed by atoms with Crippen LogP contribution < -0.4 is 5.73 Å². The number of hydrogen-bond acceptors (Lipinski definition) is 2. The van der Waals surface area contributed by atoms with Crippen LogP contribution in [0.5, 0.6) is 0 Å². The summed E-state index contributed by atoms with van der Waals surface area (Å²) >= 11 is 0. The molecule has 1 atom stereocenters. The van der Waals surface area contributed by atoms with E-state index in [0.717, 1.165) is 16.7 Å².